The van der Waals surface area contributed by atoms with Gasteiger partial charge in [0.25, 0.3) is 0 Å². The van der Waals surface area contributed by atoms with Crippen LogP contribution in [0.1, 0.15) is 19.8 Å². The Morgan fingerprint density at radius 3 is 3.17 bits per heavy atom. The summed E-state index contributed by atoms with van der Waals surface area (Å²) in [6, 6.07) is 0. The van der Waals surface area contributed by atoms with Crippen molar-refractivity contribution in [1.29, 1.82) is 0 Å². The normalized spacial score (nSPS) is 37.9. The summed E-state index contributed by atoms with van der Waals surface area (Å²) in [5.41, 5.74) is 0.930. The van der Waals surface area contributed by atoms with E-state index in [1.807, 2.05) is 13.0 Å². The van der Waals surface area contributed by atoms with Gasteiger partial charge in [0.05, 0.1) is 0 Å². The van der Waals surface area contributed by atoms with Gasteiger partial charge >= 0.3 is 5.97 Å². The molecule has 1 aliphatic carbocycles. The number of hydrogen-bond donors (Lipinski definition) is 0. The SMILES string of the molecule is C=CC[C@@]12C=C(C)C[C@@H]1OC2=O. The maximum Gasteiger partial charge on any atom is 0.320 e. The van der Waals surface area contributed by atoms with Gasteiger partial charge in [-0.05, 0) is 13.3 Å². The third kappa shape index (κ3) is 0.724. The highest BCUT2D eigenvalue weighted by Gasteiger charge is 2.58. The first kappa shape index (κ1) is 7.59. The summed E-state index contributed by atoms with van der Waals surface area (Å²) in [6.07, 6.45) is 5.56. The maximum absolute atomic E-state index is 11.3. The van der Waals surface area contributed by atoms with Gasteiger partial charge in [-0.15, -0.1) is 6.58 Å². The minimum Gasteiger partial charge on any atom is -0.460 e. The van der Waals surface area contributed by atoms with Crippen molar-refractivity contribution >= 4 is 5.97 Å². The molecule has 0 radical (unpaired) electrons. The van der Waals surface area contributed by atoms with E-state index in [1.54, 1.807) is 6.08 Å². The van der Waals surface area contributed by atoms with E-state index < -0.39 is 0 Å². The van der Waals surface area contributed by atoms with Crippen molar-refractivity contribution in [1.82, 2.24) is 0 Å². The van der Waals surface area contributed by atoms with Crippen LogP contribution in [-0.2, 0) is 9.53 Å². The van der Waals surface area contributed by atoms with E-state index in [0.29, 0.717) is 6.42 Å². The minimum absolute atomic E-state index is 0.0794. The van der Waals surface area contributed by atoms with E-state index in [-0.39, 0.29) is 17.5 Å². The first-order valence-corrected chi connectivity index (χ1v) is 4.19. The highest BCUT2D eigenvalue weighted by molar-refractivity contribution is 5.87. The fraction of sp³-hybridized carbons (Fsp3) is 0.500. The van der Waals surface area contributed by atoms with Crippen LogP contribution >= 0.6 is 0 Å². The van der Waals surface area contributed by atoms with Gasteiger partial charge in [0.1, 0.15) is 11.5 Å². The Kier molecular flexibility index (Phi) is 1.40. The van der Waals surface area contributed by atoms with Crippen LogP contribution in [0.3, 0.4) is 0 Å². The third-order valence-corrected chi connectivity index (χ3v) is 2.70. The van der Waals surface area contributed by atoms with Crippen molar-refractivity contribution in [3.63, 3.8) is 0 Å². The lowest BCUT2D eigenvalue weighted by Gasteiger charge is -2.41. The Morgan fingerprint density at radius 2 is 2.67 bits per heavy atom. The molecule has 12 heavy (non-hydrogen) atoms. The Morgan fingerprint density at radius 1 is 1.92 bits per heavy atom. The average molecular weight is 164 g/mol. The number of fused-ring (bicyclic) bond motifs is 1. The monoisotopic (exact) mass is 164 g/mol. The second-order valence-corrected chi connectivity index (χ2v) is 3.62. The molecule has 2 atom stereocenters. The molecule has 0 N–H and O–H groups in total. The Hall–Kier alpha value is -1.05. The molecule has 2 aliphatic rings. The summed E-state index contributed by atoms with van der Waals surface area (Å²) in [6.45, 7) is 5.70. The molecule has 0 bridgehead atoms. The van der Waals surface area contributed by atoms with E-state index in [2.05, 4.69) is 6.58 Å². The topological polar surface area (TPSA) is 26.3 Å². The average Bonchev–Trinajstić information content (AvgIpc) is 2.26. The molecular weight excluding hydrogens is 152 g/mol. The molecule has 0 amide bonds. The molecule has 0 unspecified atom stereocenters. The minimum atomic E-state index is -0.328. The zero-order valence-electron chi connectivity index (χ0n) is 7.17. The van der Waals surface area contributed by atoms with Crippen molar-refractivity contribution in [2.24, 2.45) is 5.41 Å². The summed E-state index contributed by atoms with van der Waals surface area (Å²) < 4.78 is 5.05. The van der Waals surface area contributed by atoms with Crippen molar-refractivity contribution < 1.29 is 9.53 Å². The van der Waals surface area contributed by atoms with Crippen molar-refractivity contribution in [3.8, 4) is 0 Å². The van der Waals surface area contributed by atoms with Crippen molar-refractivity contribution in [3.05, 3.63) is 24.3 Å². The van der Waals surface area contributed by atoms with Gasteiger partial charge in [-0.25, -0.2) is 0 Å². The van der Waals surface area contributed by atoms with Crippen molar-refractivity contribution in [2.75, 3.05) is 0 Å². The zero-order chi connectivity index (χ0) is 8.77. The highest BCUT2D eigenvalue weighted by Crippen LogP contribution is 2.49. The molecule has 1 heterocycles. The third-order valence-electron chi connectivity index (χ3n) is 2.70. The van der Waals surface area contributed by atoms with Gasteiger partial charge in [-0.3, -0.25) is 4.79 Å². The van der Waals surface area contributed by atoms with Crippen LogP contribution in [-0.4, -0.2) is 12.1 Å². The zero-order valence-corrected chi connectivity index (χ0v) is 7.17. The van der Waals surface area contributed by atoms with Crippen LogP contribution in [0.15, 0.2) is 24.3 Å². The molecule has 64 valence electrons. The first-order valence-electron chi connectivity index (χ1n) is 4.19. The van der Waals surface area contributed by atoms with Gasteiger partial charge < -0.3 is 4.74 Å². The molecule has 1 aliphatic heterocycles. The second kappa shape index (κ2) is 2.22. The number of esters is 1. The number of carbonyl (C=O) groups is 1. The van der Waals surface area contributed by atoms with Gasteiger partial charge in [0.2, 0.25) is 0 Å². The van der Waals surface area contributed by atoms with Crippen LogP contribution in [0.2, 0.25) is 0 Å². The number of allylic oxidation sites excluding steroid dienone is 1. The van der Waals surface area contributed by atoms with E-state index in [0.717, 1.165) is 6.42 Å². The summed E-state index contributed by atoms with van der Waals surface area (Å²) in [7, 11) is 0. The van der Waals surface area contributed by atoms with Crippen LogP contribution in [0.5, 0.6) is 0 Å². The van der Waals surface area contributed by atoms with Crippen LogP contribution in [0.25, 0.3) is 0 Å². The summed E-state index contributed by atoms with van der Waals surface area (Å²) >= 11 is 0. The van der Waals surface area contributed by atoms with E-state index >= 15 is 0 Å². The van der Waals surface area contributed by atoms with Gasteiger partial charge in [0.15, 0.2) is 0 Å². The number of carbonyl (C=O) groups excluding carboxylic acids is 1. The molecule has 1 fully saturated rings. The number of rotatable bonds is 2. The van der Waals surface area contributed by atoms with Gasteiger partial charge in [0, 0.05) is 6.42 Å². The summed E-state index contributed by atoms with van der Waals surface area (Å²) in [5, 5.41) is 0. The van der Waals surface area contributed by atoms with Crippen LogP contribution < -0.4 is 0 Å². The molecule has 0 aromatic heterocycles. The fourth-order valence-corrected chi connectivity index (χ4v) is 2.10. The van der Waals surface area contributed by atoms with E-state index in [4.69, 9.17) is 4.74 Å². The molecule has 2 heteroatoms. The van der Waals surface area contributed by atoms with Crippen LogP contribution in [0, 0.1) is 5.41 Å². The lowest BCUT2D eigenvalue weighted by atomic mass is 9.77. The second-order valence-electron chi connectivity index (χ2n) is 3.62. The lowest BCUT2D eigenvalue weighted by molar-refractivity contribution is -0.194. The molecule has 2 nitrogen and oxygen atoms in total. The summed E-state index contributed by atoms with van der Waals surface area (Å²) in [4.78, 5) is 11.3. The standard InChI is InChI=1S/C10H12O2/c1-3-4-10-6-7(2)5-8(10)12-9(10)11/h3,6,8H,1,4-5H2,2H3/t8-,10+/m0/s1. The Labute approximate surface area is 71.9 Å². The number of ether oxygens (including phenoxy) is 1. The quantitative estimate of drug-likeness (QED) is 0.459. The predicted molar refractivity (Wildman–Crippen MR) is 45.5 cm³/mol. The fourth-order valence-electron chi connectivity index (χ4n) is 2.10. The summed E-state index contributed by atoms with van der Waals surface area (Å²) in [5.74, 6) is -0.0794. The molecule has 2 rings (SSSR count). The van der Waals surface area contributed by atoms with Gasteiger partial charge in [-0.2, -0.15) is 0 Å². The Bertz CT molecular complexity index is 278. The molecular formula is C10H12O2. The lowest BCUT2D eigenvalue weighted by Crippen LogP contribution is -2.52. The highest BCUT2D eigenvalue weighted by atomic mass is 16.6. The first-order chi connectivity index (χ1) is 5.69. The molecule has 0 aromatic carbocycles. The molecule has 0 saturated carbocycles. The van der Waals surface area contributed by atoms with Crippen molar-refractivity contribution in [2.45, 2.75) is 25.9 Å². The molecule has 1 saturated heterocycles. The van der Waals surface area contributed by atoms with E-state index in [1.165, 1.54) is 5.57 Å². The van der Waals surface area contributed by atoms with Crippen LogP contribution in [0.4, 0.5) is 0 Å². The smallest absolute Gasteiger partial charge is 0.320 e. The maximum atomic E-state index is 11.3. The Balaban J connectivity index is 2.30. The molecule has 0 aromatic rings. The van der Waals surface area contributed by atoms with E-state index in [9.17, 15) is 4.79 Å². The van der Waals surface area contributed by atoms with Gasteiger partial charge in [-0.1, -0.05) is 17.7 Å². The number of hydrogen-bond acceptors (Lipinski definition) is 2. The predicted octanol–water partition coefficient (Wildman–Crippen LogP) is 1.82. The largest absolute Gasteiger partial charge is 0.460 e. The molecule has 0 spiro atoms.